The zero-order valence-corrected chi connectivity index (χ0v) is 27.9. The Kier molecular flexibility index (Phi) is 12.5. The Balaban J connectivity index is 1.21. The second-order valence-electron chi connectivity index (χ2n) is 11.1. The van der Waals surface area contributed by atoms with Crippen LogP contribution in [0.25, 0.3) is 0 Å². The van der Waals surface area contributed by atoms with Crippen molar-refractivity contribution in [1.82, 2.24) is 5.32 Å². The van der Waals surface area contributed by atoms with E-state index in [1.54, 1.807) is 0 Å². The monoisotopic (exact) mass is 651 g/mol. The summed E-state index contributed by atoms with van der Waals surface area (Å²) in [7, 11) is -2.75. The molecule has 2 aliphatic rings. The fourth-order valence-corrected chi connectivity index (χ4v) is 7.78. The molecule has 3 aromatic rings. The third-order valence-corrected chi connectivity index (χ3v) is 10.7. The Labute approximate surface area is 272 Å². The predicted octanol–water partition coefficient (Wildman–Crippen LogP) is 5.95. The first-order valence-corrected chi connectivity index (χ1v) is 18.1. The third-order valence-electron chi connectivity index (χ3n) is 7.55. The van der Waals surface area contributed by atoms with Gasteiger partial charge in [0, 0.05) is 38.3 Å². The molecule has 2 heterocycles. The first-order valence-electron chi connectivity index (χ1n) is 16.2. The average Bonchev–Trinajstić information content (AvgIpc) is 4.00. The van der Waals surface area contributed by atoms with Gasteiger partial charge in [-0.2, -0.15) is 0 Å². The molecule has 3 aromatic carbocycles. The van der Waals surface area contributed by atoms with Crippen LogP contribution >= 0.6 is 0 Å². The number of nitrogens with one attached hydrogen (secondary N) is 1. The molecule has 1 amide bonds. The summed E-state index contributed by atoms with van der Waals surface area (Å²) in [5.74, 6) is 2.01. The van der Waals surface area contributed by atoms with Crippen molar-refractivity contribution in [3.8, 4) is 17.2 Å². The lowest BCUT2D eigenvalue weighted by molar-refractivity contribution is 0.0708. The summed E-state index contributed by atoms with van der Waals surface area (Å²) in [5.41, 5.74) is 3.26. The Bertz CT molecular complexity index is 1270. The van der Waals surface area contributed by atoms with Crippen LogP contribution in [0.5, 0.6) is 17.2 Å². The van der Waals surface area contributed by atoms with Gasteiger partial charge in [-0.25, -0.2) is 4.79 Å². The van der Waals surface area contributed by atoms with E-state index in [1.165, 1.54) is 0 Å². The van der Waals surface area contributed by atoms with Crippen LogP contribution in [0, 0.1) is 0 Å². The molecule has 0 spiro atoms. The van der Waals surface area contributed by atoms with Crippen LogP contribution in [0.15, 0.2) is 72.8 Å². The van der Waals surface area contributed by atoms with Crippen molar-refractivity contribution in [2.24, 2.45) is 0 Å². The topological polar surface area (TPSA) is 110 Å². The zero-order chi connectivity index (χ0) is 32.2. The van der Waals surface area contributed by atoms with Crippen molar-refractivity contribution in [3.05, 3.63) is 89.5 Å². The molecule has 0 saturated carbocycles. The molecule has 2 fully saturated rings. The van der Waals surface area contributed by atoms with Crippen LogP contribution in [0.3, 0.4) is 0 Å². The van der Waals surface area contributed by atoms with Crippen molar-refractivity contribution >= 4 is 14.9 Å². The van der Waals surface area contributed by atoms with E-state index in [4.69, 9.17) is 37.0 Å². The van der Waals surface area contributed by atoms with Gasteiger partial charge in [-0.15, -0.1) is 0 Å². The van der Waals surface area contributed by atoms with Crippen molar-refractivity contribution in [2.75, 3.05) is 52.8 Å². The summed E-state index contributed by atoms with van der Waals surface area (Å²) in [6.45, 7) is 10.4. The lowest BCUT2D eigenvalue weighted by Crippen LogP contribution is -2.46. The minimum absolute atomic E-state index is 0.0602. The Hall–Kier alpha value is -3.45. The summed E-state index contributed by atoms with van der Waals surface area (Å²) in [5, 5.41) is 2.83. The van der Waals surface area contributed by atoms with E-state index in [0.717, 1.165) is 41.4 Å². The van der Waals surface area contributed by atoms with Crippen molar-refractivity contribution in [3.63, 3.8) is 0 Å². The molecule has 5 rings (SSSR count). The Morgan fingerprint density at radius 1 is 0.717 bits per heavy atom. The number of ether oxygens (including phenoxy) is 5. The number of hydrogen-bond donors (Lipinski definition) is 1. The van der Waals surface area contributed by atoms with Gasteiger partial charge in [-0.3, -0.25) is 0 Å². The van der Waals surface area contributed by atoms with Gasteiger partial charge in [0.25, 0.3) is 0 Å². The van der Waals surface area contributed by atoms with Gasteiger partial charge >= 0.3 is 14.9 Å². The minimum atomic E-state index is -2.75. The molecule has 0 aliphatic carbocycles. The minimum Gasteiger partial charge on any atom is -0.491 e. The third kappa shape index (κ3) is 10.3. The van der Waals surface area contributed by atoms with Crippen LogP contribution in [0.4, 0.5) is 4.79 Å². The van der Waals surface area contributed by atoms with Gasteiger partial charge in [0.1, 0.15) is 42.7 Å². The second-order valence-corrected chi connectivity index (χ2v) is 13.8. The normalized spacial score (nSPS) is 17.6. The van der Waals surface area contributed by atoms with E-state index in [2.05, 4.69) is 29.6 Å². The Morgan fingerprint density at radius 2 is 1.13 bits per heavy atom. The highest BCUT2D eigenvalue weighted by Crippen LogP contribution is 2.35. The average molecular weight is 652 g/mol. The van der Waals surface area contributed by atoms with Gasteiger partial charge in [-0.05, 0) is 80.3 Å². The molecular formula is C35H45NO9Si. The number of carbonyl (C=O) groups excluding carboxylic acids is 1. The number of hydrogen-bond acceptors (Lipinski definition) is 9. The van der Waals surface area contributed by atoms with Crippen LogP contribution in [0.1, 0.15) is 49.8 Å². The van der Waals surface area contributed by atoms with Crippen LogP contribution in [-0.4, -0.2) is 79.9 Å². The predicted molar refractivity (Wildman–Crippen MR) is 175 cm³/mol. The Morgan fingerprint density at radius 3 is 1.52 bits per heavy atom. The SMILES string of the molecule is CCO[Si](CCCNC(=O)Oc1ccc(C(c2ccc(OCC3CO3)cc2)c2ccc(OCC3CO3)cc2)cc1)(OCC)OCC. The second kappa shape index (κ2) is 16.9. The highest BCUT2D eigenvalue weighted by atomic mass is 28.4. The number of rotatable bonds is 20. The molecule has 0 bridgehead atoms. The maximum absolute atomic E-state index is 12.6. The summed E-state index contributed by atoms with van der Waals surface area (Å²) >= 11 is 0. The number of carbonyl (C=O) groups is 1. The van der Waals surface area contributed by atoms with E-state index in [-0.39, 0.29) is 18.1 Å². The van der Waals surface area contributed by atoms with Crippen LogP contribution in [-0.2, 0) is 22.8 Å². The fraction of sp³-hybridized carbons (Fsp3) is 0.457. The van der Waals surface area contributed by atoms with Crippen LogP contribution < -0.4 is 19.5 Å². The molecule has 1 N–H and O–H groups in total. The molecule has 46 heavy (non-hydrogen) atoms. The van der Waals surface area contributed by atoms with E-state index >= 15 is 0 Å². The molecule has 2 aliphatic heterocycles. The maximum Gasteiger partial charge on any atom is 0.500 e. The summed E-state index contributed by atoms with van der Waals surface area (Å²) in [6.07, 6.45) is 0.535. The number of benzene rings is 3. The molecule has 2 unspecified atom stereocenters. The molecule has 10 nitrogen and oxygen atoms in total. The lowest BCUT2D eigenvalue weighted by Gasteiger charge is -2.28. The standard InChI is InChI=1S/C35H45NO9Si/c1-4-42-46(43-5-2,44-6-3)21-7-20-36-35(37)45-31-18-12-28(13-19-31)34(26-8-14-29(15-9-26)38-22-32-24-40-32)27-10-16-30(17-11-27)39-23-33-25-41-33/h8-19,32-34H,4-7,20-25H2,1-3H3,(H,36,37). The molecule has 11 heteroatoms. The van der Waals surface area contributed by atoms with Gasteiger partial charge in [0.2, 0.25) is 0 Å². The highest BCUT2D eigenvalue weighted by molar-refractivity contribution is 6.60. The van der Waals surface area contributed by atoms with Crippen LogP contribution in [0.2, 0.25) is 6.04 Å². The fourth-order valence-electron chi connectivity index (χ4n) is 5.17. The maximum atomic E-state index is 12.6. The molecule has 2 saturated heterocycles. The van der Waals surface area contributed by atoms with E-state index in [1.807, 2.05) is 69.3 Å². The highest BCUT2D eigenvalue weighted by Gasteiger charge is 2.39. The quantitative estimate of drug-likeness (QED) is 0.0686. The molecular weight excluding hydrogens is 606 g/mol. The van der Waals surface area contributed by atoms with E-state index in [0.29, 0.717) is 57.8 Å². The van der Waals surface area contributed by atoms with Crippen molar-refractivity contribution in [2.45, 2.75) is 51.4 Å². The molecule has 0 radical (unpaired) electrons. The van der Waals surface area contributed by atoms with Gasteiger partial charge in [0.15, 0.2) is 0 Å². The van der Waals surface area contributed by atoms with Gasteiger partial charge < -0.3 is 42.3 Å². The number of amides is 1. The summed E-state index contributed by atoms with van der Waals surface area (Å²) < 4.78 is 45.5. The largest absolute Gasteiger partial charge is 0.500 e. The van der Waals surface area contributed by atoms with E-state index in [9.17, 15) is 4.79 Å². The molecule has 0 aromatic heterocycles. The van der Waals surface area contributed by atoms with Gasteiger partial charge in [0.05, 0.1) is 13.2 Å². The molecule has 248 valence electrons. The van der Waals surface area contributed by atoms with Crippen molar-refractivity contribution < 1.29 is 41.8 Å². The number of epoxide rings is 2. The molecule has 2 atom stereocenters. The summed E-state index contributed by atoms with van der Waals surface area (Å²) in [4.78, 5) is 12.6. The van der Waals surface area contributed by atoms with Gasteiger partial charge in [-0.1, -0.05) is 36.4 Å². The smallest absolute Gasteiger partial charge is 0.491 e. The summed E-state index contributed by atoms with van der Waals surface area (Å²) in [6, 6.07) is 24.5. The zero-order valence-electron chi connectivity index (χ0n) is 26.9. The van der Waals surface area contributed by atoms with E-state index < -0.39 is 14.9 Å². The first-order chi connectivity index (χ1) is 22.5. The lowest BCUT2D eigenvalue weighted by atomic mass is 9.85. The first kappa shape index (κ1) is 33.9. The van der Waals surface area contributed by atoms with Crippen molar-refractivity contribution in [1.29, 1.82) is 0 Å².